The molecule has 0 radical (unpaired) electrons. The number of carbonyl (C=O) groups excluding carboxylic acids is 2. The summed E-state index contributed by atoms with van der Waals surface area (Å²) in [6, 6.07) is 3.14. The molecule has 2 amide bonds. The molecule has 27 heavy (non-hydrogen) atoms. The molecule has 1 aromatic carbocycles. The normalized spacial score (nSPS) is 14.4. The van der Waals surface area contributed by atoms with Crippen LogP contribution in [0.25, 0.3) is 0 Å². The van der Waals surface area contributed by atoms with Crippen molar-refractivity contribution < 1.29 is 19.1 Å². The van der Waals surface area contributed by atoms with Gasteiger partial charge in [0.15, 0.2) is 0 Å². The summed E-state index contributed by atoms with van der Waals surface area (Å²) in [5.74, 6) is 0.122. The zero-order valence-electron chi connectivity index (χ0n) is 16.5. The van der Waals surface area contributed by atoms with Crippen molar-refractivity contribution in [2.24, 2.45) is 11.7 Å². The number of benzene rings is 1. The molecule has 5 N–H and O–H groups in total. The molecule has 0 aliphatic carbocycles. The van der Waals surface area contributed by atoms with E-state index in [2.05, 4.69) is 5.32 Å². The predicted octanol–water partition coefficient (Wildman–Crippen LogP) is 2.44. The number of nitrogens with one attached hydrogen (secondary N) is 1. The van der Waals surface area contributed by atoms with Crippen LogP contribution in [0.15, 0.2) is 12.1 Å². The minimum Gasteiger partial charge on any atom is -0.491 e. The van der Waals surface area contributed by atoms with E-state index in [0.29, 0.717) is 42.4 Å². The molecule has 1 aliphatic rings. The highest BCUT2D eigenvalue weighted by atomic mass is 16.6. The first-order chi connectivity index (χ1) is 12.6. The summed E-state index contributed by atoms with van der Waals surface area (Å²) >= 11 is 0. The van der Waals surface area contributed by atoms with Gasteiger partial charge < -0.3 is 31.2 Å². The molecule has 1 aromatic rings. The van der Waals surface area contributed by atoms with E-state index < -0.39 is 11.5 Å². The maximum absolute atomic E-state index is 12.0. The average molecular weight is 378 g/mol. The van der Waals surface area contributed by atoms with Crippen molar-refractivity contribution in [3.8, 4) is 5.75 Å². The Kier molecular flexibility index (Phi) is 6.41. The Labute approximate surface area is 160 Å². The van der Waals surface area contributed by atoms with Gasteiger partial charge in [-0.3, -0.25) is 4.79 Å². The minimum atomic E-state index is -0.562. The number of amides is 2. The Morgan fingerprint density at radius 3 is 2.52 bits per heavy atom. The number of hydrogen-bond donors (Lipinski definition) is 3. The van der Waals surface area contributed by atoms with E-state index in [-0.39, 0.29) is 12.0 Å². The average Bonchev–Trinajstić information content (AvgIpc) is 2.50. The Morgan fingerprint density at radius 1 is 1.30 bits per heavy atom. The lowest BCUT2D eigenvalue weighted by atomic mass is 10.0. The van der Waals surface area contributed by atoms with Crippen molar-refractivity contribution in [2.45, 2.75) is 39.7 Å². The minimum absolute atomic E-state index is 0.190. The van der Waals surface area contributed by atoms with E-state index in [9.17, 15) is 9.59 Å². The quantitative estimate of drug-likeness (QED) is 0.627. The number of rotatable bonds is 7. The maximum atomic E-state index is 12.0. The van der Waals surface area contributed by atoms with Gasteiger partial charge >= 0.3 is 6.09 Å². The molecule has 0 saturated carbocycles. The molecule has 150 valence electrons. The molecule has 0 aromatic heterocycles. The number of nitrogens with two attached hydrogens (primary N) is 2. The van der Waals surface area contributed by atoms with Crippen LogP contribution in [0.3, 0.4) is 0 Å². The third kappa shape index (κ3) is 5.67. The topological polar surface area (TPSA) is 120 Å². The largest absolute Gasteiger partial charge is 0.491 e. The van der Waals surface area contributed by atoms with Crippen molar-refractivity contribution in [1.29, 1.82) is 0 Å². The van der Waals surface area contributed by atoms with E-state index in [1.54, 1.807) is 17.0 Å². The highest BCUT2D eigenvalue weighted by Crippen LogP contribution is 2.33. The second kappa shape index (κ2) is 8.37. The van der Waals surface area contributed by atoms with Crippen molar-refractivity contribution in [2.75, 3.05) is 37.3 Å². The van der Waals surface area contributed by atoms with Crippen molar-refractivity contribution >= 4 is 23.4 Å². The molecule has 0 atom stereocenters. The lowest BCUT2D eigenvalue weighted by Crippen LogP contribution is -2.53. The Balaban J connectivity index is 1.97. The fourth-order valence-electron chi connectivity index (χ4n) is 2.69. The van der Waals surface area contributed by atoms with Crippen LogP contribution in [0.2, 0.25) is 0 Å². The third-order valence-corrected chi connectivity index (χ3v) is 4.05. The Hall–Kier alpha value is -2.64. The SMILES string of the molecule is CCCNc1c(N)cc(C(N)=O)cc1OCC1CN(C(=O)OC(C)(C)C)C1. The van der Waals surface area contributed by atoms with Crippen LogP contribution >= 0.6 is 0 Å². The van der Waals surface area contributed by atoms with Crippen LogP contribution < -0.4 is 21.5 Å². The van der Waals surface area contributed by atoms with Crippen LogP contribution in [0.5, 0.6) is 5.75 Å². The molecule has 8 heteroatoms. The lowest BCUT2D eigenvalue weighted by molar-refractivity contribution is -0.00778. The first-order valence-corrected chi connectivity index (χ1v) is 9.18. The van der Waals surface area contributed by atoms with Gasteiger partial charge in [0.2, 0.25) is 5.91 Å². The molecular formula is C19H30N4O4. The second-order valence-electron chi connectivity index (χ2n) is 7.79. The van der Waals surface area contributed by atoms with Gasteiger partial charge in [0.05, 0.1) is 12.3 Å². The van der Waals surface area contributed by atoms with E-state index in [1.807, 2.05) is 27.7 Å². The fraction of sp³-hybridized carbons (Fsp3) is 0.579. The molecular weight excluding hydrogens is 348 g/mol. The van der Waals surface area contributed by atoms with E-state index in [4.69, 9.17) is 20.9 Å². The number of hydrogen-bond acceptors (Lipinski definition) is 6. The van der Waals surface area contributed by atoms with E-state index in [0.717, 1.165) is 13.0 Å². The first-order valence-electron chi connectivity index (χ1n) is 9.18. The van der Waals surface area contributed by atoms with Crippen LogP contribution in [-0.2, 0) is 4.74 Å². The monoisotopic (exact) mass is 378 g/mol. The van der Waals surface area contributed by atoms with Gasteiger partial charge in [0.1, 0.15) is 17.0 Å². The Bertz CT molecular complexity index is 694. The summed E-state index contributed by atoms with van der Waals surface area (Å²) in [6.07, 6.45) is 0.605. The summed E-state index contributed by atoms with van der Waals surface area (Å²) < 4.78 is 11.3. The summed E-state index contributed by atoms with van der Waals surface area (Å²) in [5, 5.41) is 3.22. The lowest BCUT2D eigenvalue weighted by Gasteiger charge is -2.39. The van der Waals surface area contributed by atoms with Crippen molar-refractivity contribution in [1.82, 2.24) is 4.90 Å². The summed E-state index contributed by atoms with van der Waals surface area (Å²) in [7, 11) is 0. The van der Waals surface area contributed by atoms with E-state index >= 15 is 0 Å². The molecule has 1 fully saturated rings. The molecule has 1 aliphatic heterocycles. The number of nitrogen functional groups attached to an aromatic ring is 1. The van der Waals surface area contributed by atoms with Gasteiger partial charge in [-0.05, 0) is 39.3 Å². The molecule has 0 unspecified atom stereocenters. The predicted molar refractivity (Wildman–Crippen MR) is 105 cm³/mol. The van der Waals surface area contributed by atoms with Gasteiger partial charge in [-0.25, -0.2) is 4.79 Å². The maximum Gasteiger partial charge on any atom is 0.410 e. The molecule has 8 nitrogen and oxygen atoms in total. The zero-order valence-corrected chi connectivity index (χ0v) is 16.5. The number of nitrogens with zero attached hydrogens (tertiary/aromatic N) is 1. The molecule has 0 spiro atoms. The van der Waals surface area contributed by atoms with E-state index in [1.165, 1.54) is 0 Å². The van der Waals surface area contributed by atoms with Crippen LogP contribution in [0, 0.1) is 5.92 Å². The number of primary amides is 1. The molecule has 2 rings (SSSR count). The van der Waals surface area contributed by atoms with Crippen molar-refractivity contribution in [3.05, 3.63) is 17.7 Å². The molecule has 0 bridgehead atoms. The van der Waals surface area contributed by atoms with Gasteiger partial charge in [-0.15, -0.1) is 0 Å². The van der Waals surface area contributed by atoms with Crippen molar-refractivity contribution in [3.63, 3.8) is 0 Å². The third-order valence-electron chi connectivity index (χ3n) is 4.05. The van der Waals surface area contributed by atoms with Gasteiger partial charge in [-0.1, -0.05) is 6.92 Å². The number of carbonyl (C=O) groups is 2. The standard InChI is InChI=1S/C19H30N4O4/c1-5-6-22-16-14(20)7-13(17(21)24)8-15(16)26-11-12-9-23(10-12)18(25)27-19(2,3)4/h7-8,12,22H,5-6,9-11,20H2,1-4H3,(H2,21,24). The molecule has 1 heterocycles. The highest BCUT2D eigenvalue weighted by molar-refractivity contribution is 5.96. The second-order valence-corrected chi connectivity index (χ2v) is 7.79. The van der Waals surface area contributed by atoms with Gasteiger partial charge in [0, 0.05) is 31.1 Å². The van der Waals surface area contributed by atoms with Gasteiger partial charge in [-0.2, -0.15) is 0 Å². The van der Waals surface area contributed by atoms with Gasteiger partial charge in [0.25, 0.3) is 0 Å². The number of ether oxygens (including phenoxy) is 2. The highest BCUT2D eigenvalue weighted by Gasteiger charge is 2.34. The number of likely N-dealkylation sites (tertiary alicyclic amines) is 1. The fourth-order valence-corrected chi connectivity index (χ4v) is 2.69. The number of anilines is 2. The smallest absolute Gasteiger partial charge is 0.410 e. The van der Waals surface area contributed by atoms with Crippen LogP contribution in [0.1, 0.15) is 44.5 Å². The summed E-state index contributed by atoms with van der Waals surface area (Å²) in [6.45, 7) is 9.83. The summed E-state index contributed by atoms with van der Waals surface area (Å²) in [4.78, 5) is 25.1. The molecule has 1 saturated heterocycles. The zero-order chi connectivity index (χ0) is 20.2. The van der Waals surface area contributed by atoms with Crippen LogP contribution in [0.4, 0.5) is 16.2 Å². The Morgan fingerprint density at radius 2 is 1.96 bits per heavy atom. The summed E-state index contributed by atoms with van der Waals surface area (Å²) in [5.41, 5.74) is 12.3. The first kappa shape index (κ1) is 20.7. The van der Waals surface area contributed by atoms with Crippen LogP contribution in [-0.4, -0.2) is 48.7 Å².